The summed E-state index contributed by atoms with van der Waals surface area (Å²) in [5.74, 6) is 0.666. The molecule has 0 aliphatic heterocycles. The molecular formula is C17H23N3O2. The fourth-order valence-electron chi connectivity index (χ4n) is 2.51. The van der Waals surface area contributed by atoms with E-state index in [9.17, 15) is 4.79 Å². The van der Waals surface area contributed by atoms with E-state index in [2.05, 4.69) is 17.3 Å². The van der Waals surface area contributed by atoms with Crippen LogP contribution < -0.4 is 10.1 Å². The molecule has 0 saturated heterocycles. The Kier molecular flexibility index (Phi) is 5.20. The number of anilines is 1. The van der Waals surface area contributed by atoms with Gasteiger partial charge in [-0.3, -0.25) is 9.48 Å². The van der Waals surface area contributed by atoms with Crippen molar-refractivity contribution in [2.45, 2.75) is 40.2 Å². The van der Waals surface area contributed by atoms with E-state index in [1.54, 1.807) is 7.11 Å². The van der Waals surface area contributed by atoms with Gasteiger partial charge in [-0.05, 0) is 26.3 Å². The van der Waals surface area contributed by atoms with E-state index < -0.39 is 0 Å². The maximum absolute atomic E-state index is 12.3. The number of nitrogens with one attached hydrogen (secondary N) is 1. The van der Waals surface area contributed by atoms with E-state index in [1.165, 1.54) is 0 Å². The molecule has 5 heteroatoms. The summed E-state index contributed by atoms with van der Waals surface area (Å²) in [6.07, 6.45) is 1.29. The van der Waals surface area contributed by atoms with Gasteiger partial charge in [0.1, 0.15) is 5.75 Å². The lowest BCUT2D eigenvalue weighted by Gasteiger charge is -2.09. The zero-order valence-electron chi connectivity index (χ0n) is 13.6. The van der Waals surface area contributed by atoms with Gasteiger partial charge in [-0.2, -0.15) is 5.10 Å². The van der Waals surface area contributed by atoms with E-state index in [0.29, 0.717) is 0 Å². The van der Waals surface area contributed by atoms with Crippen LogP contribution in [0, 0.1) is 13.8 Å². The molecule has 5 nitrogen and oxygen atoms in total. The van der Waals surface area contributed by atoms with Crippen LogP contribution in [0.4, 0.5) is 5.69 Å². The number of hydrogen-bond donors (Lipinski definition) is 1. The van der Waals surface area contributed by atoms with Crippen LogP contribution in [0.1, 0.15) is 30.3 Å². The van der Waals surface area contributed by atoms with Crippen molar-refractivity contribution >= 4 is 11.6 Å². The Morgan fingerprint density at radius 3 is 2.73 bits per heavy atom. The number of ether oxygens (including phenoxy) is 1. The second-order valence-corrected chi connectivity index (χ2v) is 5.31. The first-order valence-electron chi connectivity index (χ1n) is 7.52. The number of aryl methyl sites for hydroxylation is 2. The van der Waals surface area contributed by atoms with E-state index in [4.69, 9.17) is 4.74 Å². The molecular weight excluding hydrogens is 278 g/mol. The third kappa shape index (κ3) is 3.47. The molecule has 2 rings (SSSR count). The fraction of sp³-hybridized carbons (Fsp3) is 0.412. The Hall–Kier alpha value is -2.30. The summed E-state index contributed by atoms with van der Waals surface area (Å²) < 4.78 is 7.22. The molecule has 0 bridgehead atoms. The van der Waals surface area contributed by atoms with Gasteiger partial charge in [0.2, 0.25) is 5.91 Å². The predicted octanol–water partition coefficient (Wildman–Crippen LogP) is 3.10. The summed E-state index contributed by atoms with van der Waals surface area (Å²) >= 11 is 0. The molecule has 1 N–H and O–H groups in total. The van der Waals surface area contributed by atoms with E-state index >= 15 is 0 Å². The third-order valence-corrected chi connectivity index (χ3v) is 3.62. The first kappa shape index (κ1) is 16.1. The molecule has 0 saturated carbocycles. The van der Waals surface area contributed by atoms with E-state index in [-0.39, 0.29) is 12.3 Å². The number of aromatic nitrogens is 2. The molecule has 22 heavy (non-hydrogen) atoms. The van der Waals surface area contributed by atoms with Crippen molar-refractivity contribution in [3.63, 3.8) is 0 Å². The van der Waals surface area contributed by atoms with Gasteiger partial charge in [0, 0.05) is 12.1 Å². The number of nitrogens with zero attached hydrogens (tertiary/aromatic N) is 2. The first-order valence-corrected chi connectivity index (χ1v) is 7.52. The van der Waals surface area contributed by atoms with Crippen molar-refractivity contribution in [1.29, 1.82) is 0 Å². The summed E-state index contributed by atoms with van der Waals surface area (Å²) in [4.78, 5) is 12.3. The average Bonchev–Trinajstić information content (AvgIpc) is 2.76. The molecule has 0 fully saturated rings. The van der Waals surface area contributed by atoms with Gasteiger partial charge in [0.15, 0.2) is 0 Å². The summed E-state index contributed by atoms with van der Waals surface area (Å²) in [7, 11) is 1.61. The fourth-order valence-corrected chi connectivity index (χ4v) is 2.51. The SMILES string of the molecule is CCCn1nc(C)c(NC(=O)Cc2ccccc2OC)c1C. The number of carbonyl (C=O) groups excluding carboxylic acids is 1. The highest BCUT2D eigenvalue weighted by atomic mass is 16.5. The van der Waals surface area contributed by atoms with Crippen molar-refractivity contribution in [3.8, 4) is 5.75 Å². The number of amides is 1. The minimum Gasteiger partial charge on any atom is -0.496 e. The second-order valence-electron chi connectivity index (χ2n) is 5.31. The molecule has 118 valence electrons. The number of methoxy groups -OCH3 is 1. The summed E-state index contributed by atoms with van der Waals surface area (Å²) in [6.45, 7) is 6.86. The van der Waals surface area contributed by atoms with Crippen LogP contribution in [0.25, 0.3) is 0 Å². The third-order valence-electron chi connectivity index (χ3n) is 3.62. The number of rotatable bonds is 6. The molecule has 1 amide bonds. The van der Waals surface area contributed by atoms with Crippen LogP contribution in [0.3, 0.4) is 0 Å². The number of benzene rings is 1. The summed E-state index contributed by atoms with van der Waals surface area (Å²) in [5, 5.41) is 7.45. The van der Waals surface area contributed by atoms with Gasteiger partial charge in [-0.1, -0.05) is 25.1 Å². The van der Waals surface area contributed by atoms with Gasteiger partial charge < -0.3 is 10.1 Å². The highest BCUT2D eigenvalue weighted by molar-refractivity contribution is 5.93. The predicted molar refractivity (Wildman–Crippen MR) is 87.3 cm³/mol. The second kappa shape index (κ2) is 7.11. The molecule has 0 radical (unpaired) electrons. The van der Waals surface area contributed by atoms with Crippen molar-refractivity contribution in [1.82, 2.24) is 9.78 Å². The zero-order valence-corrected chi connectivity index (χ0v) is 13.6. The van der Waals surface area contributed by atoms with Gasteiger partial charge in [0.25, 0.3) is 0 Å². The van der Waals surface area contributed by atoms with Crippen LogP contribution in [-0.2, 0) is 17.8 Å². The summed E-state index contributed by atoms with van der Waals surface area (Å²) in [5.41, 5.74) is 3.53. The van der Waals surface area contributed by atoms with E-state index in [1.807, 2.05) is 42.8 Å². The Labute approximate surface area is 131 Å². The van der Waals surface area contributed by atoms with Crippen molar-refractivity contribution < 1.29 is 9.53 Å². The molecule has 0 aliphatic rings. The average molecular weight is 301 g/mol. The van der Waals surface area contributed by atoms with Crippen LogP contribution in [0.2, 0.25) is 0 Å². The van der Waals surface area contributed by atoms with Crippen LogP contribution >= 0.6 is 0 Å². The van der Waals surface area contributed by atoms with Crippen molar-refractivity contribution in [3.05, 3.63) is 41.2 Å². The normalized spacial score (nSPS) is 10.5. The molecule has 0 spiro atoms. The zero-order chi connectivity index (χ0) is 16.1. The van der Waals surface area contributed by atoms with Crippen LogP contribution in [-0.4, -0.2) is 22.8 Å². The summed E-state index contributed by atoms with van der Waals surface area (Å²) in [6, 6.07) is 7.56. The Bertz CT molecular complexity index is 662. The lowest BCUT2D eigenvalue weighted by atomic mass is 10.1. The maximum Gasteiger partial charge on any atom is 0.229 e. The standard InChI is InChI=1S/C17H23N3O2/c1-5-10-20-13(3)17(12(2)19-20)18-16(21)11-14-8-6-7-9-15(14)22-4/h6-9H,5,10-11H2,1-4H3,(H,18,21). The highest BCUT2D eigenvalue weighted by Crippen LogP contribution is 2.22. The smallest absolute Gasteiger partial charge is 0.229 e. The van der Waals surface area contributed by atoms with Crippen molar-refractivity contribution in [2.24, 2.45) is 0 Å². The molecule has 1 aromatic heterocycles. The maximum atomic E-state index is 12.3. The van der Waals surface area contributed by atoms with E-state index in [0.717, 1.165) is 41.4 Å². The minimum atomic E-state index is -0.0632. The lowest BCUT2D eigenvalue weighted by molar-refractivity contribution is -0.115. The molecule has 2 aromatic rings. The Balaban J connectivity index is 2.12. The molecule has 1 heterocycles. The van der Waals surface area contributed by atoms with Gasteiger partial charge in [0.05, 0.1) is 30.6 Å². The van der Waals surface area contributed by atoms with Gasteiger partial charge in [-0.15, -0.1) is 0 Å². The molecule has 0 atom stereocenters. The van der Waals surface area contributed by atoms with Crippen molar-refractivity contribution in [2.75, 3.05) is 12.4 Å². The Morgan fingerprint density at radius 2 is 2.05 bits per heavy atom. The van der Waals surface area contributed by atoms with Crippen LogP contribution in [0.5, 0.6) is 5.75 Å². The molecule has 0 aliphatic carbocycles. The molecule has 1 aromatic carbocycles. The quantitative estimate of drug-likeness (QED) is 0.892. The number of hydrogen-bond acceptors (Lipinski definition) is 3. The minimum absolute atomic E-state index is 0.0632. The largest absolute Gasteiger partial charge is 0.496 e. The van der Waals surface area contributed by atoms with Crippen LogP contribution in [0.15, 0.2) is 24.3 Å². The molecule has 0 unspecified atom stereocenters. The lowest BCUT2D eigenvalue weighted by Crippen LogP contribution is -2.16. The number of para-hydroxylation sites is 1. The number of carbonyl (C=O) groups is 1. The highest BCUT2D eigenvalue weighted by Gasteiger charge is 2.15. The topological polar surface area (TPSA) is 56.2 Å². The monoisotopic (exact) mass is 301 g/mol. The van der Waals surface area contributed by atoms with Gasteiger partial charge in [-0.25, -0.2) is 0 Å². The first-order chi connectivity index (χ1) is 10.6. The van der Waals surface area contributed by atoms with Gasteiger partial charge >= 0.3 is 0 Å². The Morgan fingerprint density at radius 1 is 1.32 bits per heavy atom.